The number of para-hydroxylation sites is 1. The van der Waals surface area contributed by atoms with Gasteiger partial charge in [-0.15, -0.1) is 11.3 Å². The summed E-state index contributed by atoms with van der Waals surface area (Å²) in [6, 6.07) is 64.4. The molecule has 0 spiro atoms. The van der Waals surface area contributed by atoms with Crippen molar-refractivity contribution in [3.63, 3.8) is 0 Å². The van der Waals surface area contributed by atoms with Crippen LogP contribution in [-0.4, -0.2) is 0 Å². The Morgan fingerprint density at radius 2 is 1.00 bits per heavy atom. The Hall–Kier alpha value is -5.96. The first kappa shape index (κ1) is 27.2. The van der Waals surface area contributed by atoms with E-state index in [2.05, 4.69) is 181 Å². The first-order valence-corrected chi connectivity index (χ1v) is 17.3. The molecule has 0 bridgehead atoms. The highest BCUT2D eigenvalue weighted by Crippen LogP contribution is 2.47. The Kier molecular flexibility index (Phi) is 6.12. The lowest BCUT2D eigenvalue weighted by Crippen LogP contribution is -2.10. The SMILES string of the molecule is c1ccc(N(c2ccc(-c3cc4ccccc4c4ccc5ccccc5c34)cc2)c2cccc3sc4c5ccccc5ccc4c23)cc1. The van der Waals surface area contributed by atoms with Crippen LogP contribution in [0.2, 0.25) is 0 Å². The maximum absolute atomic E-state index is 2.42. The highest BCUT2D eigenvalue weighted by atomic mass is 32.1. The molecule has 0 aliphatic rings. The number of anilines is 3. The van der Waals surface area contributed by atoms with Crippen molar-refractivity contribution in [2.75, 3.05) is 4.90 Å². The fraction of sp³-hybridized carbons (Fsp3) is 0. The Morgan fingerprint density at radius 1 is 0.375 bits per heavy atom. The van der Waals surface area contributed by atoms with E-state index in [0.717, 1.165) is 11.4 Å². The third-order valence-electron chi connectivity index (χ3n) is 9.81. The zero-order valence-electron chi connectivity index (χ0n) is 26.1. The molecular formula is C46H29NS. The van der Waals surface area contributed by atoms with Gasteiger partial charge in [0.15, 0.2) is 0 Å². The highest BCUT2D eigenvalue weighted by Gasteiger charge is 2.20. The molecule has 0 saturated carbocycles. The smallest absolute Gasteiger partial charge is 0.0554 e. The van der Waals surface area contributed by atoms with Gasteiger partial charge in [0.25, 0.3) is 0 Å². The van der Waals surface area contributed by atoms with Gasteiger partial charge in [-0.2, -0.15) is 0 Å². The summed E-state index contributed by atoms with van der Waals surface area (Å²) in [7, 11) is 0. The Balaban J connectivity index is 1.19. The molecule has 0 aliphatic heterocycles. The molecule has 10 rings (SSSR count). The number of thiophene rings is 1. The summed E-state index contributed by atoms with van der Waals surface area (Å²) in [5.41, 5.74) is 5.93. The monoisotopic (exact) mass is 627 g/mol. The third-order valence-corrected chi connectivity index (χ3v) is 11.0. The second-order valence-electron chi connectivity index (χ2n) is 12.5. The summed E-state index contributed by atoms with van der Waals surface area (Å²) in [5.74, 6) is 0. The van der Waals surface area contributed by atoms with Gasteiger partial charge in [0.05, 0.1) is 5.69 Å². The predicted octanol–water partition coefficient (Wildman–Crippen LogP) is 13.8. The molecule has 0 saturated heterocycles. The molecule has 0 N–H and O–H groups in total. The largest absolute Gasteiger partial charge is 0.310 e. The van der Waals surface area contributed by atoms with Crippen molar-refractivity contribution in [1.29, 1.82) is 0 Å². The molecule has 9 aromatic carbocycles. The molecule has 48 heavy (non-hydrogen) atoms. The average Bonchev–Trinajstić information content (AvgIpc) is 3.55. The van der Waals surface area contributed by atoms with Gasteiger partial charge >= 0.3 is 0 Å². The van der Waals surface area contributed by atoms with Crippen molar-refractivity contribution < 1.29 is 0 Å². The van der Waals surface area contributed by atoms with Gasteiger partial charge in [0, 0.05) is 31.5 Å². The molecule has 0 aliphatic carbocycles. The number of hydrogen-bond acceptors (Lipinski definition) is 2. The molecule has 1 nitrogen and oxygen atoms in total. The van der Waals surface area contributed by atoms with Gasteiger partial charge in [-0.3, -0.25) is 0 Å². The van der Waals surface area contributed by atoms with Crippen LogP contribution in [-0.2, 0) is 0 Å². The van der Waals surface area contributed by atoms with E-state index in [1.54, 1.807) is 0 Å². The second-order valence-corrected chi connectivity index (χ2v) is 13.5. The molecule has 1 aromatic heterocycles. The molecular weight excluding hydrogens is 599 g/mol. The van der Waals surface area contributed by atoms with E-state index >= 15 is 0 Å². The lowest BCUT2D eigenvalue weighted by atomic mass is 9.90. The van der Waals surface area contributed by atoms with Crippen molar-refractivity contribution >= 4 is 91.7 Å². The van der Waals surface area contributed by atoms with Gasteiger partial charge in [-0.25, -0.2) is 0 Å². The van der Waals surface area contributed by atoms with Crippen molar-refractivity contribution in [3.8, 4) is 11.1 Å². The molecule has 0 atom stereocenters. The summed E-state index contributed by atoms with van der Waals surface area (Å²) in [4.78, 5) is 2.42. The lowest BCUT2D eigenvalue weighted by molar-refractivity contribution is 1.30. The molecule has 10 aromatic rings. The van der Waals surface area contributed by atoms with Crippen LogP contribution >= 0.6 is 11.3 Å². The zero-order chi connectivity index (χ0) is 31.6. The summed E-state index contributed by atoms with van der Waals surface area (Å²) >= 11 is 1.89. The number of hydrogen-bond donors (Lipinski definition) is 0. The third kappa shape index (κ3) is 4.17. The maximum atomic E-state index is 2.42. The van der Waals surface area contributed by atoms with Crippen molar-refractivity contribution in [2.24, 2.45) is 0 Å². The molecule has 0 amide bonds. The van der Waals surface area contributed by atoms with E-state index in [0.29, 0.717) is 0 Å². The summed E-state index contributed by atoms with van der Waals surface area (Å²) in [6.07, 6.45) is 0. The summed E-state index contributed by atoms with van der Waals surface area (Å²) < 4.78 is 2.64. The number of benzene rings is 9. The van der Waals surface area contributed by atoms with E-state index in [1.807, 2.05) is 11.3 Å². The van der Waals surface area contributed by atoms with Crippen LogP contribution < -0.4 is 4.90 Å². The minimum Gasteiger partial charge on any atom is -0.310 e. The summed E-state index contributed by atoms with van der Waals surface area (Å²) in [5, 5.41) is 12.9. The molecule has 2 heteroatoms. The van der Waals surface area contributed by atoms with Crippen LogP contribution in [0.5, 0.6) is 0 Å². The number of rotatable bonds is 4. The fourth-order valence-corrected chi connectivity index (χ4v) is 8.88. The molecule has 224 valence electrons. The van der Waals surface area contributed by atoms with E-state index in [-0.39, 0.29) is 0 Å². The Labute approximate surface area is 282 Å². The Morgan fingerprint density at radius 3 is 1.79 bits per heavy atom. The first-order chi connectivity index (χ1) is 23.8. The van der Waals surface area contributed by atoms with Crippen molar-refractivity contribution in [1.82, 2.24) is 0 Å². The van der Waals surface area contributed by atoms with Gasteiger partial charge in [0.2, 0.25) is 0 Å². The van der Waals surface area contributed by atoms with Crippen LogP contribution in [0.25, 0.3) is 74.4 Å². The number of nitrogens with zero attached hydrogens (tertiary/aromatic N) is 1. The normalized spacial score (nSPS) is 11.8. The van der Waals surface area contributed by atoms with Crippen molar-refractivity contribution in [2.45, 2.75) is 0 Å². The number of fused-ring (bicyclic) bond motifs is 10. The standard InChI is InChI=1S/C46H29NS/c1-2-14-34(15-3-1)47(42-19-10-20-43-45(42)40-28-24-31-12-5-9-18-38(31)46(40)48-43)35-25-21-32(22-26-35)41-29-33-13-6-7-16-36(33)39-27-23-30-11-4-8-17-37(30)44(39)41/h1-29H. The fourth-order valence-electron chi connectivity index (χ4n) is 7.63. The highest BCUT2D eigenvalue weighted by molar-refractivity contribution is 7.26. The zero-order valence-corrected chi connectivity index (χ0v) is 26.9. The summed E-state index contributed by atoms with van der Waals surface area (Å²) in [6.45, 7) is 0. The van der Waals surface area contributed by atoms with Crippen LogP contribution in [0.4, 0.5) is 17.1 Å². The van der Waals surface area contributed by atoms with Gasteiger partial charge in [-0.05, 0) is 96.7 Å². The Bertz CT molecular complexity index is 2830. The van der Waals surface area contributed by atoms with E-state index < -0.39 is 0 Å². The topological polar surface area (TPSA) is 3.24 Å². The van der Waals surface area contributed by atoms with Crippen LogP contribution in [0.1, 0.15) is 0 Å². The average molecular weight is 628 g/mol. The van der Waals surface area contributed by atoms with Gasteiger partial charge in [0.1, 0.15) is 0 Å². The van der Waals surface area contributed by atoms with E-state index in [9.17, 15) is 0 Å². The minimum atomic E-state index is 1.13. The quantitative estimate of drug-likeness (QED) is 0.176. The molecule has 0 unspecified atom stereocenters. The second kappa shape index (κ2) is 10.8. The van der Waals surface area contributed by atoms with Crippen molar-refractivity contribution in [3.05, 3.63) is 176 Å². The van der Waals surface area contributed by atoms with Gasteiger partial charge in [-0.1, -0.05) is 133 Å². The molecule has 1 heterocycles. The minimum absolute atomic E-state index is 1.13. The molecule has 0 fully saturated rings. The van der Waals surface area contributed by atoms with Crippen LogP contribution in [0, 0.1) is 0 Å². The molecule has 0 radical (unpaired) electrons. The van der Waals surface area contributed by atoms with E-state index in [1.165, 1.54) is 80.1 Å². The predicted molar refractivity (Wildman–Crippen MR) is 209 cm³/mol. The van der Waals surface area contributed by atoms with E-state index in [4.69, 9.17) is 0 Å². The van der Waals surface area contributed by atoms with Gasteiger partial charge < -0.3 is 4.90 Å². The lowest BCUT2D eigenvalue weighted by Gasteiger charge is -2.26. The first-order valence-electron chi connectivity index (χ1n) is 16.4. The van der Waals surface area contributed by atoms with Crippen LogP contribution in [0.15, 0.2) is 176 Å². The maximum Gasteiger partial charge on any atom is 0.0554 e. The van der Waals surface area contributed by atoms with Crippen LogP contribution in [0.3, 0.4) is 0 Å².